The molecule has 1 unspecified atom stereocenters. The van der Waals surface area contributed by atoms with E-state index in [0.29, 0.717) is 13.0 Å². The molecule has 5 nitrogen and oxygen atoms in total. The Labute approximate surface area is 71.7 Å². The number of ether oxygens (including phenoxy) is 1. The van der Waals surface area contributed by atoms with Crippen molar-refractivity contribution in [3.8, 4) is 0 Å². The van der Waals surface area contributed by atoms with Crippen LogP contribution in [0.5, 0.6) is 0 Å². The smallest absolute Gasteiger partial charge is 0.325 e. The van der Waals surface area contributed by atoms with Crippen LogP contribution in [-0.4, -0.2) is 30.5 Å². The van der Waals surface area contributed by atoms with Gasteiger partial charge in [0, 0.05) is 0 Å². The molecular formula is C7H16N2O3. The zero-order valence-corrected chi connectivity index (χ0v) is 7.03. The van der Waals surface area contributed by atoms with Crippen LogP contribution in [0.4, 0.5) is 0 Å². The molecule has 0 aromatic heterocycles. The first-order chi connectivity index (χ1) is 5.72. The molecule has 0 radical (unpaired) electrons. The summed E-state index contributed by atoms with van der Waals surface area (Å²) in [5.74, 6) is -0.561. The average molecular weight is 176 g/mol. The van der Waals surface area contributed by atoms with Crippen molar-refractivity contribution in [1.29, 1.82) is 0 Å². The number of unbranched alkanes of at least 4 members (excludes halogenated alkanes) is 1. The number of carbonyl (C=O) groups excluding carboxylic acids is 1. The van der Waals surface area contributed by atoms with Crippen LogP contribution in [0.25, 0.3) is 0 Å². The molecular weight excluding hydrogens is 160 g/mol. The van der Waals surface area contributed by atoms with Gasteiger partial charge in [0.1, 0.15) is 6.04 Å². The summed E-state index contributed by atoms with van der Waals surface area (Å²) in [5, 5.41) is 8.24. The van der Waals surface area contributed by atoms with Crippen LogP contribution < -0.4 is 11.5 Å². The summed E-state index contributed by atoms with van der Waals surface area (Å²) in [6.07, 6.45) is 2.20. The zero-order chi connectivity index (χ0) is 9.40. The molecule has 0 amide bonds. The van der Waals surface area contributed by atoms with Gasteiger partial charge in [-0.15, -0.1) is 0 Å². The van der Waals surface area contributed by atoms with Crippen LogP contribution in [-0.2, 0) is 9.53 Å². The second kappa shape index (κ2) is 7.02. The zero-order valence-electron chi connectivity index (χ0n) is 7.03. The Morgan fingerprint density at radius 3 is 2.67 bits per heavy atom. The monoisotopic (exact) mass is 176 g/mol. The van der Waals surface area contributed by atoms with Gasteiger partial charge in [0.05, 0.1) is 0 Å². The topological polar surface area (TPSA) is 98.6 Å². The molecule has 0 heterocycles. The molecule has 0 aliphatic rings. The second-order valence-corrected chi connectivity index (χ2v) is 2.48. The lowest BCUT2D eigenvalue weighted by molar-refractivity contribution is -0.153. The summed E-state index contributed by atoms with van der Waals surface area (Å²) in [6.45, 7) is -0.00874. The first kappa shape index (κ1) is 11.4. The van der Waals surface area contributed by atoms with Crippen molar-refractivity contribution >= 4 is 5.97 Å². The first-order valence-corrected chi connectivity index (χ1v) is 3.95. The third kappa shape index (κ3) is 5.06. The molecule has 72 valence electrons. The molecule has 0 spiro atoms. The molecule has 0 aliphatic carbocycles. The van der Waals surface area contributed by atoms with E-state index in [0.717, 1.165) is 12.8 Å². The van der Waals surface area contributed by atoms with Gasteiger partial charge in [-0.05, 0) is 19.4 Å². The van der Waals surface area contributed by atoms with E-state index < -0.39 is 18.8 Å². The van der Waals surface area contributed by atoms with Crippen LogP contribution in [0.2, 0.25) is 0 Å². The highest BCUT2D eigenvalue weighted by molar-refractivity contribution is 5.75. The maximum Gasteiger partial charge on any atom is 0.325 e. The van der Waals surface area contributed by atoms with Crippen molar-refractivity contribution in [2.75, 3.05) is 13.3 Å². The van der Waals surface area contributed by atoms with E-state index in [1.165, 1.54) is 0 Å². The number of rotatable bonds is 6. The van der Waals surface area contributed by atoms with Crippen LogP contribution in [0.3, 0.4) is 0 Å². The molecule has 5 heteroatoms. The summed E-state index contributed by atoms with van der Waals surface area (Å²) in [4.78, 5) is 10.8. The standard InChI is InChI=1S/C7H16N2O3/c8-4-2-1-3-6(9)7(11)12-5-10/h6,10H,1-5,8-9H2. The number of carbonyl (C=O) groups is 1. The average Bonchev–Trinajstić information content (AvgIpc) is 2.05. The Morgan fingerprint density at radius 2 is 2.17 bits per heavy atom. The molecule has 5 N–H and O–H groups in total. The van der Waals surface area contributed by atoms with Crippen molar-refractivity contribution in [2.24, 2.45) is 11.5 Å². The van der Waals surface area contributed by atoms with Gasteiger partial charge in [0.25, 0.3) is 0 Å². The van der Waals surface area contributed by atoms with Crippen LogP contribution in [0.15, 0.2) is 0 Å². The third-order valence-electron chi connectivity index (χ3n) is 1.48. The molecule has 0 rings (SSSR count). The van der Waals surface area contributed by atoms with E-state index in [-0.39, 0.29) is 0 Å². The van der Waals surface area contributed by atoms with Gasteiger partial charge in [-0.25, -0.2) is 0 Å². The normalized spacial score (nSPS) is 12.6. The predicted molar refractivity (Wildman–Crippen MR) is 44.1 cm³/mol. The molecule has 12 heavy (non-hydrogen) atoms. The lowest BCUT2D eigenvalue weighted by atomic mass is 10.1. The van der Waals surface area contributed by atoms with Crippen molar-refractivity contribution in [2.45, 2.75) is 25.3 Å². The van der Waals surface area contributed by atoms with Crippen molar-refractivity contribution in [1.82, 2.24) is 0 Å². The second-order valence-electron chi connectivity index (χ2n) is 2.48. The summed E-state index contributed by atoms with van der Waals surface area (Å²) in [5.41, 5.74) is 10.7. The summed E-state index contributed by atoms with van der Waals surface area (Å²) < 4.78 is 4.29. The third-order valence-corrected chi connectivity index (χ3v) is 1.48. The van der Waals surface area contributed by atoms with Crippen LogP contribution in [0, 0.1) is 0 Å². The van der Waals surface area contributed by atoms with Crippen molar-refractivity contribution < 1.29 is 14.6 Å². The van der Waals surface area contributed by atoms with Crippen LogP contribution in [0.1, 0.15) is 19.3 Å². The Morgan fingerprint density at radius 1 is 1.50 bits per heavy atom. The number of nitrogens with two attached hydrogens (primary N) is 2. The summed E-state index contributed by atoms with van der Waals surface area (Å²) in [6, 6.07) is -0.635. The Kier molecular flexibility index (Phi) is 6.64. The van der Waals surface area contributed by atoms with Crippen molar-refractivity contribution in [3.05, 3.63) is 0 Å². The molecule has 0 saturated heterocycles. The Balaban J connectivity index is 3.42. The number of hydrogen-bond donors (Lipinski definition) is 3. The number of aliphatic hydroxyl groups is 1. The summed E-state index contributed by atoms with van der Waals surface area (Å²) in [7, 11) is 0. The van der Waals surface area contributed by atoms with E-state index in [1.54, 1.807) is 0 Å². The van der Waals surface area contributed by atoms with E-state index in [1.807, 2.05) is 0 Å². The highest BCUT2D eigenvalue weighted by Crippen LogP contribution is 1.99. The Bertz CT molecular complexity index is 130. The van der Waals surface area contributed by atoms with Gasteiger partial charge in [-0.3, -0.25) is 4.79 Å². The molecule has 0 saturated carbocycles. The minimum absolute atomic E-state index is 0.552. The quantitative estimate of drug-likeness (QED) is 0.272. The van der Waals surface area contributed by atoms with Gasteiger partial charge in [0.15, 0.2) is 6.79 Å². The predicted octanol–water partition coefficient (Wildman–Crippen LogP) is -1.06. The van der Waals surface area contributed by atoms with Gasteiger partial charge < -0.3 is 21.3 Å². The maximum atomic E-state index is 10.8. The highest BCUT2D eigenvalue weighted by atomic mass is 16.6. The number of aliphatic hydroxyl groups excluding tert-OH is 1. The maximum absolute atomic E-state index is 10.8. The molecule has 0 aromatic carbocycles. The molecule has 0 bridgehead atoms. The summed E-state index contributed by atoms with van der Waals surface area (Å²) >= 11 is 0. The lowest BCUT2D eigenvalue weighted by Gasteiger charge is -2.08. The van der Waals surface area contributed by atoms with Gasteiger partial charge >= 0.3 is 5.97 Å². The first-order valence-electron chi connectivity index (χ1n) is 3.95. The fraction of sp³-hybridized carbons (Fsp3) is 0.857. The van der Waals surface area contributed by atoms with Gasteiger partial charge in [-0.2, -0.15) is 0 Å². The highest BCUT2D eigenvalue weighted by Gasteiger charge is 2.13. The van der Waals surface area contributed by atoms with E-state index >= 15 is 0 Å². The molecule has 0 fully saturated rings. The SMILES string of the molecule is NCCCCC(N)C(=O)OCO. The van der Waals surface area contributed by atoms with E-state index in [2.05, 4.69) is 4.74 Å². The minimum Gasteiger partial charge on any atom is -0.438 e. The van der Waals surface area contributed by atoms with Gasteiger partial charge in [-0.1, -0.05) is 6.42 Å². The molecule has 0 aliphatic heterocycles. The van der Waals surface area contributed by atoms with Gasteiger partial charge in [0.2, 0.25) is 0 Å². The fourth-order valence-electron chi connectivity index (χ4n) is 0.797. The van der Waals surface area contributed by atoms with E-state index in [4.69, 9.17) is 16.6 Å². The minimum atomic E-state index is -0.635. The fourth-order valence-corrected chi connectivity index (χ4v) is 0.797. The largest absolute Gasteiger partial charge is 0.438 e. The lowest BCUT2D eigenvalue weighted by Crippen LogP contribution is -2.32. The van der Waals surface area contributed by atoms with E-state index in [9.17, 15) is 4.79 Å². The van der Waals surface area contributed by atoms with Crippen LogP contribution >= 0.6 is 0 Å². The molecule has 1 atom stereocenters. The van der Waals surface area contributed by atoms with Crippen molar-refractivity contribution in [3.63, 3.8) is 0 Å². The Hall–Kier alpha value is -0.650. The number of hydrogen-bond acceptors (Lipinski definition) is 5. The molecule has 0 aromatic rings. The number of esters is 1.